The van der Waals surface area contributed by atoms with Crippen LogP contribution in [0.4, 0.5) is 0 Å². The standard InChI is InChI=1S/C24H17BrN2O/c1-13-11-19-20(12-14(13)2)27-23-21(15-7-9-16(25)10-8-15)24(28)18-6-4-3-5-17(18)22(23)26-19/h3-12,28H,1-2H3. The number of phenolic OH excluding ortho intramolecular Hbond substituents is 1. The monoisotopic (exact) mass is 428 g/mol. The number of halogens is 1. The molecule has 0 atom stereocenters. The molecule has 5 aromatic rings. The van der Waals surface area contributed by atoms with E-state index in [9.17, 15) is 5.11 Å². The topological polar surface area (TPSA) is 46.0 Å². The van der Waals surface area contributed by atoms with Gasteiger partial charge in [-0.05, 0) is 54.8 Å². The largest absolute Gasteiger partial charge is 0.507 e. The SMILES string of the molecule is Cc1cc2nc3c(-c4ccc(Br)cc4)c(O)c4ccccc4c3nc2cc1C. The second-order valence-electron chi connectivity index (χ2n) is 7.12. The molecule has 0 aliphatic rings. The molecule has 136 valence electrons. The molecule has 4 aromatic carbocycles. The van der Waals surface area contributed by atoms with E-state index < -0.39 is 0 Å². The minimum atomic E-state index is 0.239. The van der Waals surface area contributed by atoms with Gasteiger partial charge in [-0.25, -0.2) is 9.97 Å². The van der Waals surface area contributed by atoms with Crippen LogP contribution in [0, 0.1) is 13.8 Å². The van der Waals surface area contributed by atoms with Gasteiger partial charge in [0.2, 0.25) is 0 Å². The first-order valence-electron chi connectivity index (χ1n) is 9.11. The zero-order valence-corrected chi connectivity index (χ0v) is 17.1. The van der Waals surface area contributed by atoms with Crippen molar-refractivity contribution < 1.29 is 5.11 Å². The van der Waals surface area contributed by atoms with Crippen molar-refractivity contribution in [2.24, 2.45) is 0 Å². The van der Waals surface area contributed by atoms with Crippen molar-refractivity contribution in [1.29, 1.82) is 0 Å². The van der Waals surface area contributed by atoms with Crippen molar-refractivity contribution in [3.8, 4) is 16.9 Å². The first-order chi connectivity index (χ1) is 13.5. The summed E-state index contributed by atoms with van der Waals surface area (Å²) in [4.78, 5) is 9.92. The Morgan fingerprint density at radius 2 is 1.32 bits per heavy atom. The highest BCUT2D eigenvalue weighted by atomic mass is 79.9. The van der Waals surface area contributed by atoms with E-state index in [0.717, 1.165) is 37.4 Å². The van der Waals surface area contributed by atoms with E-state index in [1.54, 1.807) is 0 Å². The molecule has 0 bridgehead atoms. The predicted molar refractivity (Wildman–Crippen MR) is 119 cm³/mol. The number of aryl methyl sites for hydroxylation is 2. The van der Waals surface area contributed by atoms with Gasteiger partial charge in [-0.3, -0.25) is 0 Å². The van der Waals surface area contributed by atoms with Crippen molar-refractivity contribution in [1.82, 2.24) is 9.97 Å². The number of fused-ring (bicyclic) bond motifs is 4. The number of hydrogen-bond donors (Lipinski definition) is 1. The third-order valence-electron chi connectivity index (χ3n) is 5.32. The predicted octanol–water partition coefficient (Wildman–Crippen LogP) is 6.69. The summed E-state index contributed by atoms with van der Waals surface area (Å²) in [5, 5.41) is 12.9. The minimum absolute atomic E-state index is 0.239. The molecule has 1 aromatic heterocycles. The van der Waals surface area contributed by atoms with E-state index in [2.05, 4.69) is 41.9 Å². The maximum atomic E-state index is 11.2. The Balaban J connectivity index is 2.01. The molecule has 0 spiro atoms. The number of aromatic nitrogens is 2. The van der Waals surface area contributed by atoms with E-state index in [1.807, 2.05) is 48.5 Å². The first-order valence-corrected chi connectivity index (χ1v) is 9.90. The molecule has 0 saturated carbocycles. The lowest BCUT2D eigenvalue weighted by Crippen LogP contribution is -1.95. The Labute approximate surface area is 170 Å². The van der Waals surface area contributed by atoms with Crippen molar-refractivity contribution >= 4 is 48.8 Å². The quantitative estimate of drug-likeness (QED) is 0.239. The molecule has 0 aliphatic carbocycles. The maximum absolute atomic E-state index is 11.2. The summed E-state index contributed by atoms with van der Waals surface area (Å²) in [7, 11) is 0. The van der Waals surface area contributed by atoms with Crippen LogP contribution in [0.5, 0.6) is 5.75 Å². The Bertz CT molecular complexity index is 1390. The molecule has 5 rings (SSSR count). The molecule has 3 nitrogen and oxygen atoms in total. The summed E-state index contributed by atoms with van der Waals surface area (Å²) < 4.78 is 0.989. The Hall–Kier alpha value is -2.98. The van der Waals surface area contributed by atoms with Crippen LogP contribution in [0.3, 0.4) is 0 Å². The van der Waals surface area contributed by atoms with E-state index in [0.29, 0.717) is 11.1 Å². The summed E-state index contributed by atoms with van der Waals surface area (Å²) in [5.74, 6) is 0.239. The van der Waals surface area contributed by atoms with Gasteiger partial charge in [-0.2, -0.15) is 0 Å². The molecular formula is C24H17BrN2O. The molecule has 0 unspecified atom stereocenters. The first kappa shape index (κ1) is 17.1. The van der Waals surface area contributed by atoms with Gasteiger partial charge in [0.05, 0.1) is 22.1 Å². The normalized spacial score (nSPS) is 11.5. The van der Waals surface area contributed by atoms with E-state index in [4.69, 9.17) is 9.97 Å². The van der Waals surface area contributed by atoms with Gasteiger partial charge in [0, 0.05) is 15.2 Å². The third kappa shape index (κ3) is 2.56. The summed E-state index contributed by atoms with van der Waals surface area (Å²) >= 11 is 3.48. The van der Waals surface area contributed by atoms with Gasteiger partial charge >= 0.3 is 0 Å². The lowest BCUT2D eigenvalue weighted by Gasteiger charge is -2.14. The number of phenols is 1. The molecule has 4 heteroatoms. The number of rotatable bonds is 1. The average Bonchev–Trinajstić information content (AvgIpc) is 2.70. The summed E-state index contributed by atoms with van der Waals surface area (Å²) in [5.41, 5.74) is 7.23. The maximum Gasteiger partial charge on any atom is 0.133 e. The fourth-order valence-corrected chi connectivity index (χ4v) is 3.97. The zero-order chi connectivity index (χ0) is 19.4. The molecule has 0 radical (unpaired) electrons. The van der Waals surface area contributed by atoms with Gasteiger partial charge in [0.25, 0.3) is 0 Å². The Kier molecular flexibility index (Phi) is 3.84. The van der Waals surface area contributed by atoms with Crippen LogP contribution in [0.25, 0.3) is 44.0 Å². The van der Waals surface area contributed by atoms with Crippen molar-refractivity contribution in [3.05, 3.63) is 76.3 Å². The van der Waals surface area contributed by atoms with Crippen molar-refractivity contribution in [2.45, 2.75) is 13.8 Å². The van der Waals surface area contributed by atoms with Crippen LogP contribution in [-0.2, 0) is 0 Å². The van der Waals surface area contributed by atoms with Crippen LogP contribution in [-0.4, -0.2) is 15.1 Å². The van der Waals surface area contributed by atoms with Gasteiger partial charge in [-0.15, -0.1) is 0 Å². The number of benzene rings is 4. The van der Waals surface area contributed by atoms with Gasteiger partial charge in [0.1, 0.15) is 11.3 Å². The van der Waals surface area contributed by atoms with E-state index in [1.165, 1.54) is 11.1 Å². The lowest BCUT2D eigenvalue weighted by molar-refractivity contribution is 0.484. The van der Waals surface area contributed by atoms with Crippen LogP contribution < -0.4 is 0 Å². The van der Waals surface area contributed by atoms with Gasteiger partial charge in [-0.1, -0.05) is 52.3 Å². The van der Waals surface area contributed by atoms with E-state index in [-0.39, 0.29) is 5.75 Å². The summed E-state index contributed by atoms with van der Waals surface area (Å²) in [6.45, 7) is 4.16. The highest BCUT2D eigenvalue weighted by Crippen LogP contribution is 2.42. The molecule has 0 amide bonds. The van der Waals surface area contributed by atoms with Gasteiger partial charge in [0.15, 0.2) is 0 Å². The number of hydrogen-bond acceptors (Lipinski definition) is 3. The van der Waals surface area contributed by atoms with Crippen LogP contribution in [0.15, 0.2) is 65.1 Å². The molecule has 0 saturated heterocycles. The molecule has 28 heavy (non-hydrogen) atoms. The summed E-state index contributed by atoms with van der Waals surface area (Å²) in [6.07, 6.45) is 0. The smallest absolute Gasteiger partial charge is 0.133 e. The molecule has 1 N–H and O–H groups in total. The second-order valence-corrected chi connectivity index (χ2v) is 8.04. The molecule has 1 heterocycles. The van der Waals surface area contributed by atoms with Gasteiger partial charge < -0.3 is 5.11 Å². The molecule has 0 aliphatic heterocycles. The van der Waals surface area contributed by atoms with Crippen LogP contribution >= 0.6 is 15.9 Å². The zero-order valence-electron chi connectivity index (χ0n) is 15.5. The third-order valence-corrected chi connectivity index (χ3v) is 5.85. The fourth-order valence-electron chi connectivity index (χ4n) is 3.71. The van der Waals surface area contributed by atoms with Crippen LogP contribution in [0.1, 0.15) is 11.1 Å². The summed E-state index contributed by atoms with van der Waals surface area (Å²) in [6, 6.07) is 19.9. The van der Waals surface area contributed by atoms with Crippen molar-refractivity contribution in [2.75, 3.05) is 0 Å². The lowest BCUT2D eigenvalue weighted by atomic mass is 9.96. The second kappa shape index (κ2) is 6.28. The number of aromatic hydroxyl groups is 1. The van der Waals surface area contributed by atoms with Crippen molar-refractivity contribution in [3.63, 3.8) is 0 Å². The average molecular weight is 429 g/mol. The molecule has 0 fully saturated rings. The minimum Gasteiger partial charge on any atom is -0.507 e. The fraction of sp³-hybridized carbons (Fsp3) is 0.0833. The highest BCUT2D eigenvalue weighted by Gasteiger charge is 2.18. The Morgan fingerprint density at radius 3 is 1.96 bits per heavy atom. The molecular weight excluding hydrogens is 412 g/mol. The number of nitrogens with zero attached hydrogens (tertiary/aromatic N) is 2. The van der Waals surface area contributed by atoms with E-state index >= 15 is 0 Å². The Morgan fingerprint density at radius 1 is 0.750 bits per heavy atom. The van der Waals surface area contributed by atoms with Crippen LogP contribution in [0.2, 0.25) is 0 Å². The highest BCUT2D eigenvalue weighted by molar-refractivity contribution is 9.10.